The van der Waals surface area contributed by atoms with Gasteiger partial charge in [0.1, 0.15) is 11.6 Å². The number of Topliss-reactive ketones (excluding diaryl/α,β-unsaturated/α-hetero) is 1. The smallest absolute Gasteiger partial charge is 0.261 e. The molecule has 4 aromatic rings. The van der Waals surface area contributed by atoms with E-state index in [1.54, 1.807) is 37.4 Å². The standard InChI is InChI=1S/C26H25N5O4S/c1-17-15-25(28-20-11-13-23(35-3)14-12-20)30-26(27-17)29-21-7-9-22(10-8-21)31-36(33,34)24-6-4-5-19(16-24)18(2)32/h4-16,31H,1-3H3,(H2,27,28,29,30). The first-order chi connectivity index (χ1) is 17.2. The summed E-state index contributed by atoms with van der Waals surface area (Å²) in [5.74, 6) is 1.56. The van der Waals surface area contributed by atoms with Crippen LogP contribution in [0.25, 0.3) is 0 Å². The molecular formula is C26H25N5O4S. The molecule has 0 amide bonds. The summed E-state index contributed by atoms with van der Waals surface area (Å²) in [4.78, 5) is 20.5. The van der Waals surface area contributed by atoms with Crippen LogP contribution in [0.4, 0.5) is 28.8 Å². The van der Waals surface area contributed by atoms with Gasteiger partial charge in [-0.05, 0) is 74.5 Å². The summed E-state index contributed by atoms with van der Waals surface area (Å²) in [5.41, 5.74) is 3.00. The Bertz CT molecular complexity index is 1490. The van der Waals surface area contributed by atoms with Crippen molar-refractivity contribution in [3.63, 3.8) is 0 Å². The SMILES string of the molecule is COc1ccc(Nc2cc(C)nc(Nc3ccc(NS(=O)(=O)c4cccc(C(C)=O)c4)cc3)n2)cc1. The van der Waals surface area contributed by atoms with Crippen LogP contribution >= 0.6 is 0 Å². The van der Waals surface area contributed by atoms with E-state index in [1.807, 2.05) is 37.3 Å². The number of rotatable bonds is 9. The molecule has 4 rings (SSSR count). The van der Waals surface area contributed by atoms with Crippen molar-refractivity contribution < 1.29 is 17.9 Å². The van der Waals surface area contributed by atoms with Crippen molar-refractivity contribution in [2.24, 2.45) is 0 Å². The lowest BCUT2D eigenvalue weighted by Crippen LogP contribution is -2.13. The van der Waals surface area contributed by atoms with Crippen molar-refractivity contribution in [3.05, 3.63) is 90.1 Å². The van der Waals surface area contributed by atoms with Gasteiger partial charge in [-0.25, -0.2) is 13.4 Å². The lowest BCUT2D eigenvalue weighted by atomic mass is 10.2. The van der Waals surface area contributed by atoms with E-state index in [9.17, 15) is 13.2 Å². The number of carbonyl (C=O) groups excluding carboxylic acids is 1. The lowest BCUT2D eigenvalue weighted by Gasteiger charge is -2.12. The van der Waals surface area contributed by atoms with Gasteiger partial charge in [-0.1, -0.05) is 12.1 Å². The summed E-state index contributed by atoms with van der Waals surface area (Å²) in [6.45, 7) is 3.26. The average Bonchev–Trinajstić information content (AvgIpc) is 2.85. The first-order valence-corrected chi connectivity index (χ1v) is 12.5. The maximum absolute atomic E-state index is 12.7. The molecule has 3 aromatic carbocycles. The van der Waals surface area contributed by atoms with E-state index in [2.05, 4.69) is 25.3 Å². The van der Waals surface area contributed by atoms with Gasteiger partial charge in [0.15, 0.2) is 5.78 Å². The molecule has 0 aliphatic carbocycles. The van der Waals surface area contributed by atoms with E-state index in [0.29, 0.717) is 28.7 Å². The third-order valence-electron chi connectivity index (χ3n) is 5.16. The highest BCUT2D eigenvalue weighted by Crippen LogP contribution is 2.23. The van der Waals surface area contributed by atoms with E-state index in [0.717, 1.165) is 17.1 Å². The highest BCUT2D eigenvalue weighted by Gasteiger charge is 2.15. The van der Waals surface area contributed by atoms with Crippen LogP contribution in [0.3, 0.4) is 0 Å². The normalized spacial score (nSPS) is 11.0. The fraction of sp³-hybridized carbons (Fsp3) is 0.115. The minimum Gasteiger partial charge on any atom is -0.497 e. The van der Waals surface area contributed by atoms with Gasteiger partial charge >= 0.3 is 0 Å². The molecule has 0 bridgehead atoms. The number of sulfonamides is 1. The molecule has 0 spiro atoms. The summed E-state index contributed by atoms with van der Waals surface area (Å²) < 4.78 is 33.2. The van der Waals surface area contributed by atoms with Crippen LogP contribution in [-0.4, -0.2) is 31.3 Å². The summed E-state index contributed by atoms with van der Waals surface area (Å²) in [6, 6.07) is 21.9. The summed E-state index contributed by atoms with van der Waals surface area (Å²) in [5, 5.41) is 6.37. The van der Waals surface area contributed by atoms with Crippen molar-refractivity contribution in [1.29, 1.82) is 0 Å². The van der Waals surface area contributed by atoms with Crippen LogP contribution < -0.4 is 20.1 Å². The second-order valence-corrected chi connectivity index (χ2v) is 9.65. The Hall–Kier alpha value is -4.44. The van der Waals surface area contributed by atoms with Crippen LogP contribution in [0.2, 0.25) is 0 Å². The molecule has 0 fully saturated rings. The molecular weight excluding hydrogens is 478 g/mol. The van der Waals surface area contributed by atoms with E-state index < -0.39 is 10.0 Å². The second-order valence-electron chi connectivity index (χ2n) is 7.96. The molecule has 0 atom stereocenters. The van der Waals surface area contributed by atoms with Crippen molar-refractivity contribution >= 4 is 44.6 Å². The maximum atomic E-state index is 12.7. The molecule has 184 valence electrons. The number of ether oxygens (including phenoxy) is 1. The number of benzene rings is 3. The number of hydrogen-bond donors (Lipinski definition) is 3. The second kappa shape index (κ2) is 10.4. The zero-order chi connectivity index (χ0) is 25.7. The van der Waals surface area contributed by atoms with Crippen LogP contribution in [0.15, 0.2) is 83.8 Å². The van der Waals surface area contributed by atoms with Gasteiger partial charge in [0.25, 0.3) is 10.0 Å². The number of aromatic nitrogens is 2. The van der Waals surface area contributed by atoms with Crippen LogP contribution in [-0.2, 0) is 10.0 Å². The summed E-state index contributed by atoms with van der Waals surface area (Å²) in [7, 11) is -2.23. The number of ketones is 1. The molecule has 0 aliphatic heterocycles. The Morgan fingerprint density at radius 1 is 0.833 bits per heavy atom. The molecule has 3 N–H and O–H groups in total. The summed E-state index contributed by atoms with van der Waals surface area (Å²) >= 11 is 0. The minimum atomic E-state index is -3.85. The highest BCUT2D eigenvalue weighted by atomic mass is 32.2. The predicted molar refractivity (Wildman–Crippen MR) is 140 cm³/mol. The van der Waals surface area contributed by atoms with Crippen molar-refractivity contribution in [2.75, 3.05) is 22.5 Å². The largest absolute Gasteiger partial charge is 0.497 e. The van der Waals surface area contributed by atoms with Crippen molar-refractivity contribution in [3.8, 4) is 5.75 Å². The Morgan fingerprint density at radius 2 is 1.47 bits per heavy atom. The van der Waals surface area contributed by atoms with E-state index in [4.69, 9.17) is 4.74 Å². The molecule has 0 radical (unpaired) electrons. The van der Waals surface area contributed by atoms with Crippen molar-refractivity contribution in [1.82, 2.24) is 9.97 Å². The Balaban J connectivity index is 1.45. The topological polar surface area (TPSA) is 122 Å². The number of nitrogens with one attached hydrogen (secondary N) is 3. The zero-order valence-electron chi connectivity index (χ0n) is 19.9. The predicted octanol–water partition coefficient (Wildman–Crippen LogP) is 5.28. The number of hydrogen-bond acceptors (Lipinski definition) is 8. The molecule has 0 saturated heterocycles. The Kier molecular flexibility index (Phi) is 7.16. The highest BCUT2D eigenvalue weighted by molar-refractivity contribution is 7.92. The summed E-state index contributed by atoms with van der Waals surface area (Å²) in [6.07, 6.45) is 0. The van der Waals surface area contributed by atoms with Gasteiger partial charge in [-0.15, -0.1) is 0 Å². The van der Waals surface area contributed by atoms with Gasteiger partial charge in [0.2, 0.25) is 5.95 Å². The Morgan fingerprint density at radius 3 is 2.14 bits per heavy atom. The van der Waals surface area contributed by atoms with E-state index >= 15 is 0 Å². The van der Waals surface area contributed by atoms with Gasteiger partial charge in [-0.3, -0.25) is 9.52 Å². The number of nitrogens with zero attached hydrogens (tertiary/aromatic N) is 2. The maximum Gasteiger partial charge on any atom is 0.261 e. The number of methoxy groups -OCH3 is 1. The van der Waals surface area contributed by atoms with Crippen LogP contribution in [0.1, 0.15) is 23.0 Å². The molecule has 9 nitrogen and oxygen atoms in total. The third-order valence-corrected chi connectivity index (χ3v) is 6.54. The minimum absolute atomic E-state index is 0.0162. The van der Waals surface area contributed by atoms with Gasteiger partial charge < -0.3 is 15.4 Å². The number of anilines is 5. The molecule has 0 saturated carbocycles. The lowest BCUT2D eigenvalue weighted by molar-refractivity contribution is 0.101. The molecule has 0 unspecified atom stereocenters. The van der Waals surface area contributed by atoms with Gasteiger partial charge in [0.05, 0.1) is 12.0 Å². The number of carbonyl (C=O) groups is 1. The Labute approximate surface area is 209 Å². The fourth-order valence-electron chi connectivity index (χ4n) is 3.36. The van der Waals surface area contributed by atoms with Gasteiger partial charge in [0, 0.05) is 34.4 Å². The zero-order valence-corrected chi connectivity index (χ0v) is 20.8. The molecule has 0 aliphatic rings. The molecule has 10 heteroatoms. The van der Waals surface area contributed by atoms with Crippen LogP contribution in [0, 0.1) is 6.92 Å². The van der Waals surface area contributed by atoms with Gasteiger partial charge in [-0.2, -0.15) is 4.98 Å². The fourth-order valence-corrected chi connectivity index (χ4v) is 4.46. The van der Waals surface area contributed by atoms with Crippen molar-refractivity contribution in [2.45, 2.75) is 18.7 Å². The monoisotopic (exact) mass is 503 g/mol. The van der Waals surface area contributed by atoms with E-state index in [-0.39, 0.29) is 10.7 Å². The van der Waals surface area contributed by atoms with E-state index in [1.165, 1.54) is 25.1 Å². The quantitative estimate of drug-likeness (QED) is 0.264. The average molecular weight is 504 g/mol. The molecule has 1 aromatic heterocycles. The van der Waals surface area contributed by atoms with Crippen LogP contribution in [0.5, 0.6) is 5.75 Å². The molecule has 36 heavy (non-hydrogen) atoms. The third kappa shape index (κ3) is 6.16. The first kappa shape index (κ1) is 24.7. The first-order valence-electron chi connectivity index (χ1n) is 11.0. The molecule has 1 heterocycles. The number of aryl methyl sites for hydroxylation is 1.